The molecule has 4 aromatic heterocycles. The number of aromatic amines is 1. The smallest absolute Gasteiger partial charge is 0.354 e. The Bertz CT molecular complexity index is 1290. The lowest BCUT2D eigenvalue weighted by atomic mass is 10.1. The maximum Gasteiger partial charge on any atom is 0.434 e. The van der Waals surface area contributed by atoms with Gasteiger partial charge in [0.1, 0.15) is 17.2 Å². The van der Waals surface area contributed by atoms with Crippen LogP contribution in [0.5, 0.6) is 0 Å². The van der Waals surface area contributed by atoms with Crippen LogP contribution in [-0.4, -0.2) is 59.3 Å². The number of hydrogen-bond acceptors (Lipinski definition) is 7. The van der Waals surface area contributed by atoms with Crippen LogP contribution >= 0.6 is 0 Å². The van der Waals surface area contributed by atoms with Crippen molar-refractivity contribution in [3.05, 3.63) is 54.8 Å². The van der Waals surface area contributed by atoms with Crippen molar-refractivity contribution in [3.63, 3.8) is 0 Å². The molecule has 5 rings (SSSR count). The number of aromatic nitrogens is 7. The fourth-order valence-electron chi connectivity index (χ4n) is 3.80. The fraction of sp³-hybridized carbons (Fsp3) is 0.300. The molecule has 1 amide bonds. The highest BCUT2D eigenvalue weighted by Crippen LogP contribution is 2.29. The van der Waals surface area contributed by atoms with Gasteiger partial charge in [-0.15, -0.1) is 0 Å². The van der Waals surface area contributed by atoms with E-state index in [9.17, 15) is 18.0 Å². The maximum absolute atomic E-state index is 13.1. The lowest BCUT2D eigenvalue weighted by Crippen LogP contribution is -2.48. The minimum absolute atomic E-state index is 0.0934. The Morgan fingerprint density at radius 2 is 2.06 bits per heavy atom. The number of carbonyl (C=O) groups is 1. The van der Waals surface area contributed by atoms with Crippen molar-refractivity contribution in [2.75, 3.05) is 18.0 Å². The molecule has 0 radical (unpaired) electrons. The zero-order valence-corrected chi connectivity index (χ0v) is 17.1. The summed E-state index contributed by atoms with van der Waals surface area (Å²) in [6, 6.07) is 1.64. The van der Waals surface area contributed by atoms with E-state index in [0.29, 0.717) is 23.8 Å². The van der Waals surface area contributed by atoms with Crippen molar-refractivity contribution in [1.29, 1.82) is 0 Å². The molecule has 1 saturated heterocycles. The van der Waals surface area contributed by atoms with Crippen LogP contribution in [0.15, 0.2) is 43.4 Å². The summed E-state index contributed by atoms with van der Waals surface area (Å²) in [5, 5.41) is 2.98. The van der Waals surface area contributed by atoms with Gasteiger partial charge in [-0.25, -0.2) is 24.9 Å². The average Bonchev–Trinajstić information content (AvgIpc) is 3.49. The first-order valence-corrected chi connectivity index (χ1v) is 10.2. The number of hydrogen-bond donors (Lipinski definition) is 2. The molecule has 2 N–H and O–H groups in total. The number of alkyl halides is 3. The lowest BCUT2D eigenvalue weighted by molar-refractivity contribution is -0.141. The third kappa shape index (κ3) is 4.21. The van der Waals surface area contributed by atoms with Gasteiger partial charge < -0.3 is 15.2 Å². The van der Waals surface area contributed by atoms with E-state index < -0.39 is 11.9 Å². The first-order chi connectivity index (χ1) is 15.9. The van der Waals surface area contributed by atoms with Crippen molar-refractivity contribution >= 4 is 17.4 Å². The number of halogens is 3. The molecule has 4 aromatic rings. The molecule has 0 aliphatic carbocycles. The summed E-state index contributed by atoms with van der Waals surface area (Å²) >= 11 is 0. The van der Waals surface area contributed by atoms with E-state index >= 15 is 0 Å². The minimum atomic E-state index is -4.58. The van der Waals surface area contributed by atoms with Crippen LogP contribution in [-0.2, 0) is 6.18 Å². The van der Waals surface area contributed by atoms with Gasteiger partial charge >= 0.3 is 6.18 Å². The first kappa shape index (κ1) is 20.8. The molecule has 1 atom stereocenters. The second-order valence-corrected chi connectivity index (χ2v) is 7.60. The van der Waals surface area contributed by atoms with Crippen molar-refractivity contribution in [3.8, 4) is 11.5 Å². The zero-order chi connectivity index (χ0) is 23.0. The predicted molar refractivity (Wildman–Crippen MR) is 110 cm³/mol. The zero-order valence-electron chi connectivity index (χ0n) is 17.1. The summed E-state index contributed by atoms with van der Waals surface area (Å²) in [5.41, 5.74) is -0.0681. The van der Waals surface area contributed by atoms with E-state index in [1.165, 1.54) is 23.1 Å². The van der Waals surface area contributed by atoms with E-state index in [2.05, 4.69) is 35.2 Å². The normalized spacial score (nSPS) is 16.8. The Hall–Kier alpha value is -4.03. The number of anilines is 1. The number of fused-ring (bicyclic) bond motifs is 1. The molecule has 0 saturated carbocycles. The number of imidazole rings is 2. The van der Waals surface area contributed by atoms with E-state index in [1.807, 2.05) is 4.90 Å². The number of H-pyrrole nitrogens is 1. The number of carbonyl (C=O) groups excluding carboxylic acids is 1. The van der Waals surface area contributed by atoms with Gasteiger partial charge in [0, 0.05) is 31.5 Å². The van der Waals surface area contributed by atoms with Crippen LogP contribution in [0.25, 0.3) is 17.2 Å². The molecule has 13 heteroatoms. The van der Waals surface area contributed by atoms with Crippen LogP contribution in [0, 0.1) is 0 Å². The lowest BCUT2D eigenvalue weighted by Gasteiger charge is -2.33. The molecule has 1 fully saturated rings. The molecule has 170 valence electrons. The molecular formula is C20H18F3N9O. The second-order valence-electron chi connectivity index (χ2n) is 7.60. The summed E-state index contributed by atoms with van der Waals surface area (Å²) in [5.74, 6) is 0.617. The maximum atomic E-state index is 13.1. The van der Waals surface area contributed by atoms with E-state index in [0.717, 1.165) is 31.8 Å². The van der Waals surface area contributed by atoms with Gasteiger partial charge in [-0.1, -0.05) is 0 Å². The van der Waals surface area contributed by atoms with E-state index in [4.69, 9.17) is 0 Å². The van der Waals surface area contributed by atoms with Gasteiger partial charge in [0.15, 0.2) is 17.2 Å². The third-order valence-corrected chi connectivity index (χ3v) is 5.38. The highest BCUT2D eigenvalue weighted by atomic mass is 19.4. The Kier molecular flexibility index (Phi) is 5.15. The summed E-state index contributed by atoms with van der Waals surface area (Å²) < 4.78 is 40.6. The third-order valence-electron chi connectivity index (χ3n) is 5.38. The first-order valence-electron chi connectivity index (χ1n) is 10.2. The van der Waals surface area contributed by atoms with Crippen molar-refractivity contribution in [2.24, 2.45) is 0 Å². The van der Waals surface area contributed by atoms with Gasteiger partial charge in [0.2, 0.25) is 0 Å². The number of amides is 1. The molecule has 0 spiro atoms. The van der Waals surface area contributed by atoms with Gasteiger partial charge in [0.05, 0.1) is 24.9 Å². The molecule has 0 aromatic carbocycles. The molecule has 1 aliphatic rings. The Morgan fingerprint density at radius 3 is 2.85 bits per heavy atom. The Labute approximate surface area is 184 Å². The van der Waals surface area contributed by atoms with Gasteiger partial charge in [0.25, 0.3) is 5.91 Å². The van der Waals surface area contributed by atoms with Gasteiger partial charge in [-0.05, 0) is 18.9 Å². The van der Waals surface area contributed by atoms with Crippen molar-refractivity contribution in [2.45, 2.75) is 25.1 Å². The van der Waals surface area contributed by atoms with Crippen LogP contribution in [0.1, 0.15) is 29.0 Å². The van der Waals surface area contributed by atoms with Gasteiger partial charge in [-0.3, -0.25) is 9.20 Å². The average molecular weight is 457 g/mol. The number of nitrogens with one attached hydrogen (secondary N) is 2. The Balaban J connectivity index is 1.39. The highest BCUT2D eigenvalue weighted by Gasteiger charge is 2.33. The quantitative estimate of drug-likeness (QED) is 0.483. The second kappa shape index (κ2) is 8.15. The molecule has 0 unspecified atom stereocenters. The highest BCUT2D eigenvalue weighted by molar-refractivity contribution is 5.92. The molecule has 33 heavy (non-hydrogen) atoms. The summed E-state index contributed by atoms with van der Waals surface area (Å²) in [4.78, 5) is 37.3. The molecule has 1 aliphatic heterocycles. The monoisotopic (exact) mass is 457 g/mol. The van der Waals surface area contributed by atoms with E-state index in [-0.39, 0.29) is 23.4 Å². The standard InChI is InChI=1S/C20H18F3N9O/c21-20(22,23)15-10-32-14(7-27-17(32)8-26-15)18-25-4-3-16(30-18)31-5-1-2-12(9-31)29-19(33)13-6-24-11-28-13/h3-4,6-8,10-12H,1-2,5,9H2,(H,24,28)(H,29,33)/t12-/m0/s1. The number of piperidine rings is 1. The predicted octanol–water partition coefficient (Wildman–Crippen LogP) is 2.33. The van der Waals surface area contributed by atoms with Crippen LogP contribution in [0.3, 0.4) is 0 Å². The van der Waals surface area contributed by atoms with Crippen molar-refractivity contribution in [1.82, 2.24) is 39.6 Å². The number of nitrogens with zero attached hydrogens (tertiary/aromatic N) is 7. The van der Waals surface area contributed by atoms with Crippen LogP contribution < -0.4 is 10.2 Å². The SMILES string of the molecule is O=C(N[C@H]1CCCN(c2ccnc(-c3cnc4cnc(C(F)(F)F)cn34)n2)C1)c1cnc[nH]1. The fourth-order valence-corrected chi connectivity index (χ4v) is 3.80. The van der Waals surface area contributed by atoms with Gasteiger partial charge in [-0.2, -0.15) is 13.2 Å². The van der Waals surface area contributed by atoms with Crippen molar-refractivity contribution < 1.29 is 18.0 Å². The van der Waals surface area contributed by atoms with Crippen LogP contribution in [0.4, 0.5) is 19.0 Å². The topological polar surface area (TPSA) is 117 Å². The summed E-state index contributed by atoms with van der Waals surface area (Å²) in [7, 11) is 0. The summed E-state index contributed by atoms with van der Waals surface area (Å²) in [6.07, 6.45) is 4.89. The molecular weight excluding hydrogens is 439 g/mol. The largest absolute Gasteiger partial charge is 0.434 e. The Morgan fingerprint density at radius 1 is 1.18 bits per heavy atom. The van der Waals surface area contributed by atoms with E-state index in [1.54, 1.807) is 12.3 Å². The molecule has 10 nitrogen and oxygen atoms in total. The molecule has 0 bridgehead atoms. The number of rotatable bonds is 4. The minimum Gasteiger partial charge on any atom is -0.354 e. The van der Waals surface area contributed by atoms with Crippen LogP contribution in [0.2, 0.25) is 0 Å². The summed E-state index contributed by atoms with van der Waals surface area (Å²) in [6.45, 7) is 1.26. The molecule has 5 heterocycles.